The van der Waals surface area contributed by atoms with Gasteiger partial charge >= 0.3 is 0 Å². The van der Waals surface area contributed by atoms with Crippen molar-refractivity contribution in [3.05, 3.63) is 65.7 Å². The first kappa shape index (κ1) is 28.0. The minimum atomic E-state index is -0.897. The van der Waals surface area contributed by atoms with Gasteiger partial charge in [0.15, 0.2) is 0 Å². The predicted molar refractivity (Wildman–Crippen MR) is 154 cm³/mol. The van der Waals surface area contributed by atoms with Crippen LogP contribution in [0.1, 0.15) is 13.3 Å². The van der Waals surface area contributed by atoms with Crippen molar-refractivity contribution in [1.29, 1.82) is 0 Å². The van der Waals surface area contributed by atoms with Gasteiger partial charge in [-0.25, -0.2) is 4.39 Å². The molecule has 0 spiro atoms. The van der Waals surface area contributed by atoms with E-state index in [9.17, 15) is 15.3 Å². The second kappa shape index (κ2) is 11.9. The first-order chi connectivity index (χ1) is 19.2. The summed E-state index contributed by atoms with van der Waals surface area (Å²) < 4.78 is 20.9. The molecule has 40 heavy (non-hydrogen) atoms. The van der Waals surface area contributed by atoms with E-state index in [1.54, 1.807) is 53.5 Å². The number of aromatic nitrogens is 1. The van der Waals surface area contributed by atoms with E-state index >= 15 is 4.39 Å². The van der Waals surface area contributed by atoms with Gasteiger partial charge in [-0.15, -0.1) is 0 Å². The summed E-state index contributed by atoms with van der Waals surface area (Å²) in [6, 6.07) is 11.4. The Kier molecular flexibility index (Phi) is 8.32. The molecule has 1 fully saturated rings. The van der Waals surface area contributed by atoms with Gasteiger partial charge in [0.1, 0.15) is 17.4 Å². The summed E-state index contributed by atoms with van der Waals surface area (Å²) in [5.74, 6) is 0.342. The number of nitrogens with zero attached hydrogens (tertiary/aromatic N) is 4. The van der Waals surface area contributed by atoms with E-state index in [4.69, 9.17) is 16.3 Å². The van der Waals surface area contributed by atoms with Crippen molar-refractivity contribution >= 4 is 23.1 Å². The molecule has 0 saturated carbocycles. The second-order valence-electron chi connectivity index (χ2n) is 10.0. The zero-order chi connectivity index (χ0) is 28.4. The van der Waals surface area contributed by atoms with E-state index in [0.717, 1.165) is 19.6 Å². The zero-order valence-corrected chi connectivity index (χ0v) is 23.1. The number of aromatic hydroxyl groups is 1. The lowest BCUT2D eigenvalue weighted by Gasteiger charge is -2.33. The topological polar surface area (TPSA) is 105 Å². The molecule has 1 saturated heterocycles. The number of hydrogen-bond acceptors (Lipinski definition) is 9. The maximum atomic E-state index is 15.1. The molecule has 0 bridgehead atoms. The van der Waals surface area contributed by atoms with Crippen LogP contribution in [0.15, 0.2) is 54.9 Å². The number of ether oxygens (including phenoxy) is 1. The molecule has 9 nitrogen and oxygen atoms in total. The van der Waals surface area contributed by atoms with E-state index in [1.807, 2.05) is 6.07 Å². The number of rotatable bonds is 8. The molecule has 1 aromatic heterocycles. The number of anilines is 2. The van der Waals surface area contributed by atoms with Crippen LogP contribution in [0.25, 0.3) is 22.3 Å². The number of aliphatic hydroxyl groups excluding tert-OH is 2. The smallest absolute Gasteiger partial charge is 0.215 e. The molecule has 3 aromatic rings. The number of piperazine rings is 1. The summed E-state index contributed by atoms with van der Waals surface area (Å²) in [6.07, 6.45) is 2.99. The van der Waals surface area contributed by atoms with E-state index in [1.165, 1.54) is 12.1 Å². The van der Waals surface area contributed by atoms with Crippen molar-refractivity contribution in [2.24, 2.45) is 0 Å². The van der Waals surface area contributed by atoms with Crippen molar-refractivity contribution in [3.63, 3.8) is 0 Å². The molecule has 5 rings (SSSR count). The van der Waals surface area contributed by atoms with Gasteiger partial charge in [0, 0.05) is 75.3 Å². The van der Waals surface area contributed by atoms with E-state index in [2.05, 4.69) is 22.1 Å². The Labute approximate surface area is 237 Å². The number of nitrogens with one attached hydrogen (secondary N) is 1. The summed E-state index contributed by atoms with van der Waals surface area (Å²) >= 11 is 6.59. The molecule has 3 heterocycles. The first-order valence-electron chi connectivity index (χ1n) is 13.2. The van der Waals surface area contributed by atoms with E-state index < -0.39 is 12.2 Å². The molecule has 4 N–H and O–H groups in total. The lowest BCUT2D eigenvalue weighted by Crippen LogP contribution is -2.49. The summed E-state index contributed by atoms with van der Waals surface area (Å²) in [6.45, 7) is 4.61. The molecular weight excluding hydrogens is 537 g/mol. The monoisotopic (exact) mass is 569 g/mol. The maximum absolute atomic E-state index is 15.1. The Morgan fingerprint density at radius 3 is 2.58 bits per heavy atom. The molecular formula is C29H33ClFN5O4. The fourth-order valence-electron chi connectivity index (χ4n) is 4.92. The molecule has 212 valence electrons. The fourth-order valence-corrected chi connectivity index (χ4v) is 5.20. The lowest BCUT2D eigenvalue weighted by atomic mass is 9.97. The Morgan fingerprint density at radius 2 is 1.90 bits per heavy atom. The summed E-state index contributed by atoms with van der Waals surface area (Å²) in [5.41, 5.74) is 2.19. The Hall–Kier alpha value is -3.57. The highest BCUT2D eigenvalue weighted by molar-refractivity contribution is 6.33. The minimum Gasteiger partial charge on any atom is -0.507 e. The fraction of sp³-hybridized carbons (Fsp3) is 0.345. The standard InChI is InChI=1S/C29H33ClFN5O4/c1-18-17-35(7-6-32-18)26-13-20(14-27(33-26)40-11-3-10-37)23-16-21(31)15-22(28(23)38)19-4-5-25(24(30)12-19)36-9-8-34(2)29(36)39/h4-5,8-9,12-16,18,29,32,37-39H,3,6-7,10-11,17H2,1-2H3/t18-,29?/m1/s1. The molecule has 1 unspecified atom stereocenters. The van der Waals surface area contributed by atoms with Crippen LogP contribution >= 0.6 is 11.6 Å². The van der Waals surface area contributed by atoms with E-state index in [0.29, 0.717) is 40.0 Å². The van der Waals surface area contributed by atoms with Gasteiger partial charge in [0.2, 0.25) is 12.2 Å². The number of halogens is 2. The lowest BCUT2D eigenvalue weighted by molar-refractivity contribution is 0.0729. The third-order valence-corrected chi connectivity index (χ3v) is 7.33. The average Bonchev–Trinajstić information content (AvgIpc) is 3.27. The quantitative estimate of drug-likeness (QED) is 0.300. The van der Waals surface area contributed by atoms with Gasteiger partial charge in [-0.2, -0.15) is 4.98 Å². The van der Waals surface area contributed by atoms with E-state index in [-0.39, 0.29) is 36.1 Å². The van der Waals surface area contributed by atoms with Crippen LogP contribution < -0.4 is 19.9 Å². The second-order valence-corrected chi connectivity index (χ2v) is 10.4. The molecule has 2 atom stereocenters. The third-order valence-electron chi connectivity index (χ3n) is 7.03. The van der Waals surface area contributed by atoms with Crippen LogP contribution in [-0.4, -0.2) is 77.5 Å². The number of hydrogen-bond donors (Lipinski definition) is 4. The number of benzene rings is 2. The molecule has 2 aromatic carbocycles. The van der Waals surface area contributed by atoms with Gasteiger partial charge < -0.3 is 40.1 Å². The Balaban J connectivity index is 1.54. The number of phenols is 1. The minimum absolute atomic E-state index is 0.0129. The van der Waals surface area contributed by atoms with Crippen LogP contribution in [0.3, 0.4) is 0 Å². The largest absolute Gasteiger partial charge is 0.507 e. The maximum Gasteiger partial charge on any atom is 0.215 e. The molecule has 11 heteroatoms. The number of aliphatic hydroxyl groups is 2. The zero-order valence-electron chi connectivity index (χ0n) is 22.4. The molecule has 2 aliphatic rings. The Bertz CT molecular complexity index is 1410. The molecule has 0 amide bonds. The van der Waals surface area contributed by atoms with Gasteiger partial charge in [0.25, 0.3) is 0 Å². The van der Waals surface area contributed by atoms with Crippen molar-refractivity contribution < 1.29 is 24.4 Å². The first-order valence-corrected chi connectivity index (χ1v) is 13.6. The van der Waals surface area contributed by atoms with Crippen LogP contribution in [-0.2, 0) is 0 Å². The number of pyridine rings is 1. The van der Waals surface area contributed by atoms with Gasteiger partial charge in [0.05, 0.1) is 17.3 Å². The molecule has 0 radical (unpaired) electrons. The van der Waals surface area contributed by atoms with Crippen LogP contribution in [0.4, 0.5) is 15.9 Å². The number of phenolic OH excluding ortho intramolecular Hbond substituents is 1. The van der Waals surface area contributed by atoms with Gasteiger partial charge in [-0.1, -0.05) is 17.7 Å². The highest BCUT2D eigenvalue weighted by atomic mass is 35.5. The highest BCUT2D eigenvalue weighted by Gasteiger charge is 2.25. The van der Waals surface area contributed by atoms with Crippen molar-refractivity contribution in [2.45, 2.75) is 25.7 Å². The molecule has 0 aliphatic carbocycles. The van der Waals surface area contributed by atoms with Crippen molar-refractivity contribution in [2.75, 3.05) is 49.7 Å². The Morgan fingerprint density at radius 1 is 1.12 bits per heavy atom. The van der Waals surface area contributed by atoms with Crippen molar-refractivity contribution in [3.8, 4) is 33.9 Å². The van der Waals surface area contributed by atoms with Crippen LogP contribution in [0.5, 0.6) is 11.6 Å². The SMILES string of the molecule is C[C@@H]1CN(c2cc(-c3cc(F)cc(-c4ccc(N5C=CN(C)C5O)c(Cl)c4)c3O)cc(OCCCO)n2)CCN1. The molecule has 2 aliphatic heterocycles. The predicted octanol–water partition coefficient (Wildman–Crippen LogP) is 3.97. The summed E-state index contributed by atoms with van der Waals surface area (Å²) in [4.78, 5) is 10.0. The summed E-state index contributed by atoms with van der Waals surface area (Å²) in [7, 11) is 1.74. The van der Waals surface area contributed by atoms with Gasteiger partial charge in [-0.05, 0) is 48.4 Å². The third kappa shape index (κ3) is 5.80. The average molecular weight is 570 g/mol. The highest BCUT2D eigenvalue weighted by Crippen LogP contribution is 2.43. The van der Waals surface area contributed by atoms with Crippen molar-refractivity contribution in [1.82, 2.24) is 15.2 Å². The normalized spacial score (nSPS) is 19.0. The van der Waals surface area contributed by atoms with Crippen LogP contribution in [0.2, 0.25) is 5.02 Å². The van der Waals surface area contributed by atoms with Crippen LogP contribution in [0, 0.1) is 5.82 Å². The summed E-state index contributed by atoms with van der Waals surface area (Å²) in [5, 5.41) is 34.7. The van der Waals surface area contributed by atoms with Gasteiger partial charge in [-0.3, -0.25) is 0 Å².